The lowest BCUT2D eigenvalue weighted by Gasteiger charge is -2.29. The van der Waals surface area contributed by atoms with Crippen LogP contribution < -0.4 is 11.1 Å². The van der Waals surface area contributed by atoms with Crippen molar-refractivity contribution < 1.29 is 14.3 Å². The second-order valence-corrected chi connectivity index (χ2v) is 4.32. The number of carbonyl (C=O) groups is 2. The van der Waals surface area contributed by atoms with Gasteiger partial charge in [0.1, 0.15) is 0 Å². The Morgan fingerprint density at radius 3 is 2.59 bits per heavy atom. The molecule has 0 aromatic heterocycles. The van der Waals surface area contributed by atoms with Gasteiger partial charge in [-0.05, 0) is 39.9 Å². The maximum Gasteiger partial charge on any atom is 0.332 e. The molecule has 17 heavy (non-hydrogen) atoms. The van der Waals surface area contributed by atoms with Crippen LogP contribution in [0.1, 0.15) is 19.8 Å². The molecule has 1 heterocycles. The minimum atomic E-state index is -1.21. The van der Waals surface area contributed by atoms with Crippen molar-refractivity contribution in [1.29, 1.82) is 0 Å². The summed E-state index contributed by atoms with van der Waals surface area (Å²) in [5.74, 6) is -1.11. The van der Waals surface area contributed by atoms with Crippen LogP contribution in [0.5, 0.6) is 0 Å². The van der Waals surface area contributed by atoms with Gasteiger partial charge in [-0.15, -0.1) is 0 Å². The number of nitrogens with zero attached hydrogens (tertiary/aromatic N) is 1. The van der Waals surface area contributed by atoms with Gasteiger partial charge in [-0.2, -0.15) is 0 Å². The summed E-state index contributed by atoms with van der Waals surface area (Å²) >= 11 is 0. The van der Waals surface area contributed by atoms with Crippen LogP contribution in [0.15, 0.2) is 0 Å². The third kappa shape index (κ3) is 4.32. The predicted molar refractivity (Wildman–Crippen MR) is 63.3 cm³/mol. The SMILES string of the molecule is CCOC(=O)C(N)C(=O)NC1CCN(C)CC1. The molecule has 0 bridgehead atoms. The molecule has 0 spiro atoms. The first-order valence-electron chi connectivity index (χ1n) is 5.95. The van der Waals surface area contributed by atoms with Crippen molar-refractivity contribution in [1.82, 2.24) is 10.2 Å². The van der Waals surface area contributed by atoms with Gasteiger partial charge in [0.05, 0.1) is 6.61 Å². The van der Waals surface area contributed by atoms with Crippen LogP contribution in [0.4, 0.5) is 0 Å². The number of rotatable bonds is 4. The van der Waals surface area contributed by atoms with Crippen LogP contribution in [-0.2, 0) is 14.3 Å². The lowest BCUT2D eigenvalue weighted by molar-refractivity contribution is -0.148. The fourth-order valence-corrected chi connectivity index (χ4v) is 1.78. The van der Waals surface area contributed by atoms with Gasteiger partial charge in [0.25, 0.3) is 0 Å². The summed E-state index contributed by atoms with van der Waals surface area (Å²) < 4.78 is 4.70. The molecule has 1 amide bonds. The zero-order valence-electron chi connectivity index (χ0n) is 10.4. The van der Waals surface area contributed by atoms with Crippen molar-refractivity contribution in [2.24, 2.45) is 5.73 Å². The summed E-state index contributed by atoms with van der Waals surface area (Å²) in [4.78, 5) is 25.1. The van der Waals surface area contributed by atoms with Gasteiger partial charge in [0.2, 0.25) is 5.91 Å². The second kappa shape index (κ2) is 6.56. The number of likely N-dealkylation sites (tertiary alicyclic amines) is 1. The molecule has 6 nitrogen and oxygen atoms in total. The Bertz CT molecular complexity index is 275. The van der Waals surface area contributed by atoms with Gasteiger partial charge < -0.3 is 20.7 Å². The highest BCUT2D eigenvalue weighted by atomic mass is 16.5. The summed E-state index contributed by atoms with van der Waals surface area (Å²) in [5, 5.41) is 2.79. The van der Waals surface area contributed by atoms with E-state index in [4.69, 9.17) is 10.5 Å². The number of hydrogen-bond acceptors (Lipinski definition) is 5. The second-order valence-electron chi connectivity index (χ2n) is 4.32. The molecule has 1 unspecified atom stereocenters. The van der Waals surface area contributed by atoms with E-state index in [9.17, 15) is 9.59 Å². The van der Waals surface area contributed by atoms with Gasteiger partial charge in [-0.3, -0.25) is 4.79 Å². The van der Waals surface area contributed by atoms with Crippen LogP contribution in [-0.4, -0.2) is 55.6 Å². The molecular formula is C11H21N3O3. The van der Waals surface area contributed by atoms with Gasteiger partial charge in [-0.1, -0.05) is 0 Å². The number of esters is 1. The van der Waals surface area contributed by atoms with Gasteiger partial charge in [0.15, 0.2) is 6.04 Å². The Morgan fingerprint density at radius 2 is 2.06 bits per heavy atom. The highest BCUT2D eigenvalue weighted by Gasteiger charge is 2.26. The highest BCUT2D eigenvalue weighted by Crippen LogP contribution is 2.08. The molecule has 0 aromatic carbocycles. The van der Waals surface area contributed by atoms with E-state index in [1.165, 1.54) is 0 Å². The average Bonchev–Trinajstić information content (AvgIpc) is 2.31. The van der Waals surface area contributed by atoms with E-state index < -0.39 is 17.9 Å². The third-order valence-electron chi connectivity index (χ3n) is 2.89. The smallest absolute Gasteiger partial charge is 0.332 e. The molecule has 0 aromatic rings. The van der Waals surface area contributed by atoms with Crippen molar-refractivity contribution in [2.75, 3.05) is 26.7 Å². The summed E-state index contributed by atoms with van der Waals surface area (Å²) in [6.45, 7) is 3.80. The Morgan fingerprint density at radius 1 is 1.47 bits per heavy atom. The van der Waals surface area contributed by atoms with E-state index in [1.807, 2.05) is 7.05 Å². The molecule has 1 aliphatic rings. The zero-order chi connectivity index (χ0) is 12.8. The van der Waals surface area contributed by atoms with Crippen LogP contribution in [0.3, 0.4) is 0 Å². The van der Waals surface area contributed by atoms with Crippen LogP contribution in [0, 0.1) is 0 Å². The molecule has 1 fully saturated rings. The minimum absolute atomic E-state index is 0.110. The first kappa shape index (κ1) is 13.9. The molecule has 1 atom stereocenters. The average molecular weight is 243 g/mol. The van der Waals surface area contributed by atoms with Crippen LogP contribution >= 0.6 is 0 Å². The molecule has 98 valence electrons. The Hall–Kier alpha value is -1.14. The largest absolute Gasteiger partial charge is 0.464 e. The topological polar surface area (TPSA) is 84.7 Å². The normalized spacial score (nSPS) is 19.7. The van der Waals surface area contributed by atoms with Gasteiger partial charge >= 0.3 is 5.97 Å². The van der Waals surface area contributed by atoms with E-state index in [0.29, 0.717) is 0 Å². The third-order valence-corrected chi connectivity index (χ3v) is 2.89. The predicted octanol–water partition coefficient (Wildman–Crippen LogP) is -0.913. The quantitative estimate of drug-likeness (QED) is 0.493. The van der Waals surface area contributed by atoms with Crippen molar-refractivity contribution in [3.8, 4) is 0 Å². The first-order valence-corrected chi connectivity index (χ1v) is 5.95. The standard InChI is InChI=1S/C11H21N3O3/c1-3-17-11(16)9(12)10(15)13-8-4-6-14(2)7-5-8/h8-9H,3-7,12H2,1-2H3,(H,13,15). The fourth-order valence-electron chi connectivity index (χ4n) is 1.78. The maximum atomic E-state index is 11.7. The maximum absolute atomic E-state index is 11.7. The van der Waals surface area contributed by atoms with Crippen molar-refractivity contribution in [3.63, 3.8) is 0 Å². The summed E-state index contributed by atoms with van der Waals surface area (Å²) in [7, 11) is 2.04. The summed E-state index contributed by atoms with van der Waals surface area (Å²) in [5.41, 5.74) is 5.49. The number of nitrogens with one attached hydrogen (secondary N) is 1. The molecule has 0 saturated carbocycles. The van der Waals surface area contributed by atoms with Crippen LogP contribution in [0.25, 0.3) is 0 Å². The summed E-state index contributed by atoms with van der Waals surface area (Å²) in [6.07, 6.45) is 1.77. The fraction of sp³-hybridized carbons (Fsp3) is 0.818. The lowest BCUT2D eigenvalue weighted by atomic mass is 10.1. The van der Waals surface area contributed by atoms with Crippen molar-refractivity contribution >= 4 is 11.9 Å². The van der Waals surface area contributed by atoms with Crippen LogP contribution in [0.2, 0.25) is 0 Å². The molecule has 3 N–H and O–H groups in total. The molecule has 1 aliphatic heterocycles. The molecule has 0 aliphatic carbocycles. The van der Waals surface area contributed by atoms with Crippen molar-refractivity contribution in [3.05, 3.63) is 0 Å². The molecule has 1 rings (SSSR count). The van der Waals surface area contributed by atoms with E-state index in [1.54, 1.807) is 6.92 Å². The molecule has 6 heteroatoms. The van der Waals surface area contributed by atoms with Crippen molar-refractivity contribution in [2.45, 2.75) is 31.8 Å². The monoisotopic (exact) mass is 243 g/mol. The number of nitrogens with two attached hydrogens (primary N) is 1. The zero-order valence-corrected chi connectivity index (χ0v) is 10.4. The first-order chi connectivity index (χ1) is 8.04. The highest BCUT2D eigenvalue weighted by molar-refractivity contribution is 6.01. The number of piperidine rings is 1. The number of amides is 1. The molecule has 1 saturated heterocycles. The lowest BCUT2D eigenvalue weighted by Crippen LogP contribution is -2.52. The minimum Gasteiger partial charge on any atom is -0.464 e. The molecular weight excluding hydrogens is 222 g/mol. The van der Waals surface area contributed by atoms with E-state index in [0.717, 1.165) is 25.9 Å². The Labute approximate surface area is 101 Å². The number of ether oxygens (including phenoxy) is 1. The van der Waals surface area contributed by atoms with E-state index >= 15 is 0 Å². The summed E-state index contributed by atoms with van der Waals surface area (Å²) in [6, 6.07) is -1.10. The number of hydrogen-bond donors (Lipinski definition) is 2. The van der Waals surface area contributed by atoms with E-state index in [-0.39, 0.29) is 12.6 Å². The Kier molecular flexibility index (Phi) is 5.37. The van der Waals surface area contributed by atoms with E-state index in [2.05, 4.69) is 10.2 Å². The Balaban J connectivity index is 2.35. The van der Waals surface area contributed by atoms with Gasteiger partial charge in [0, 0.05) is 6.04 Å². The molecule has 0 radical (unpaired) electrons. The van der Waals surface area contributed by atoms with Gasteiger partial charge in [-0.25, -0.2) is 4.79 Å². The number of carbonyl (C=O) groups excluding carboxylic acids is 2.